The van der Waals surface area contributed by atoms with Crippen LogP contribution in [0.4, 0.5) is 4.79 Å². The van der Waals surface area contributed by atoms with Crippen LogP contribution in [0.3, 0.4) is 0 Å². The summed E-state index contributed by atoms with van der Waals surface area (Å²) in [5, 5.41) is 3.88. The van der Waals surface area contributed by atoms with Gasteiger partial charge in [-0.15, -0.1) is 0 Å². The number of hydrogen-bond acceptors (Lipinski definition) is 5. The average Bonchev–Trinajstić information content (AvgIpc) is 2.81. The van der Waals surface area contributed by atoms with E-state index in [1.807, 2.05) is 27.7 Å². The van der Waals surface area contributed by atoms with Gasteiger partial charge < -0.3 is 14.2 Å². The van der Waals surface area contributed by atoms with Crippen LogP contribution in [0.15, 0.2) is 4.52 Å². The zero-order valence-corrected chi connectivity index (χ0v) is 12.5. The van der Waals surface area contributed by atoms with Gasteiger partial charge in [0, 0.05) is 13.1 Å². The van der Waals surface area contributed by atoms with E-state index in [0.717, 1.165) is 19.4 Å². The standard InChI is InChI=1S/C14H21N3O3/c1-9-15-11(20-16-9)14-6-5-10(14)7-17(8-14)12(18)19-13(2,3)4/h10H,5-8H2,1-4H3/t10-,14-/m0/s1. The maximum atomic E-state index is 12.2. The highest BCUT2D eigenvalue weighted by Crippen LogP contribution is 2.53. The minimum atomic E-state index is -0.465. The van der Waals surface area contributed by atoms with Crippen LogP contribution in [0, 0.1) is 12.8 Å². The number of aryl methyl sites for hydroxylation is 1. The molecule has 0 bridgehead atoms. The van der Waals surface area contributed by atoms with Crippen LogP contribution in [-0.2, 0) is 10.2 Å². The molecule has 110 valence electrons. The summed E-state index contributed by atoms with van der Waals surface area (Å²) in [4.78, 5) is 18.4. The van der Waals surface area contributed by atoms with Crippen molar-refractivity contribution in [3.05, 3.63) is 11.7 Å². The minimum absolute atomic E-state index is 0.141. The first-order chi connectivity index (χ1) is 9.30. The van der Waals surface area contributed by atoms with Gasteiger partial charge in [-0.2, -0.15) is 4.98 Å². The Kier molecular flexibility index (Phi) is 2.81. The van der Waals surface area contributed by atoms with E-state index in [1.54, 1.807) is 4.90 Å². The van der Waals surface area contributed by atoms with Crippen LogP contribution in [0.2, 0.25) is 0 Å². The van der Waals surface area contributed by atoms with Gasteiger partial charge in [0.1, 0.15) is 5.60 Å². The Balaban J connectivity index is 1.76. The second-order valence-electron chi connectivity index (χ2n) is 6.90. The molecule has 1 saturated heterocycles. The molecular formula is C14H21N3O3. The van der Waals surface area contributed by atoms with E-state index in [1.165, 1.54) is 0 Å². The first-order valence-corrected chi connectivity index (χ1v) is 7.09. The molecule has 1 amide bonds. The summed E-state index contributed by atoms with van der Waals surface area (Å²) in [6.07, 6.45) is 1.85. The van der Waals surface area contributed by atoms with Gasteiger partial charge in [0.25, 0.3) is 0 Å². The van der Waals surface area contributed by atoms with E-state index in [9.17, 15) is 4.79 Å². The number of carbonyl (C=O) groups is 1. The molecule has 1 aliphatic heterocycles. The molecule has 0 radical (unpaired) electrons. The molecule has 0 aromatic carbocycles. The Morgan fingerprint density at radius 1 is 1.50 bits per heavy atom. The van der Waals surface area contributed by atoms with Crippen LogP contribution in [0.1, 0.15) is 45.3 Å². The zero-order valence-electron chi connectivity index (χ0n) is 12.5. The van der Waals surface area contributed by atoms with Gasteiger partial charge in [0.2, 0.25) is 5.89 Å². The van der Waals surface area contributed by atoms with Gasteiger partial charge in [-0.1, -0.05) is 5.16 Å². The minimum Gasteiger partial charge on any atom is -0.444 e. The van der Waals surface area contributed by atoms with Crippen molar-refractivity contribution in [2.24, 2.45) is 5.92 Å². The fraction of sp³-hybridized carbons (Fsp3) is 0.786. The Morgan fingerprint density at radius 3 is 2.75 bits per heavy atom. The van der Waals surface area contributed by atoms with E-state index in [4.69, 9.17) is 9.26 Å². The monoisotopic (exact) mass is 279 g/mol. The molecule has 2 atom stereocenters. The summed E-state index contributed by atoms with van der Waals surface area (Å²) in [5.41, 5.74) is -0.606. The smallest absolute Gasteiger partial charge is 0.410 e. The van der Waals surface area contributed by atoms with Crippen molar-refractivity contribution in [2.45, 2.75) is 51.6 Å². The number of amides is 1. The van der Waals surface area contributed by atoms with Gasteiger partial charge in [-0.25, -0.2) is 4.79 Å². The van der Waals surface area contributed by atoms with Crippen molar-refractivity contribution in [2.75, 3.05) is 13.1 Å². The van der Waals surface area contributed by atoms with Crippen molar-refractivity contribution in [1.29, 1.82) is 0 Å². The third-order valence-electron chi connectivity index (χ3n) is 4.24. The van der Waals surface area contributed by atoms with Crippen molar-refractivity contribution in [1.82, 2.24) is 15.0 Å². The number of hydrogen-bond donors (Lipinski definition) is 0. The third kappa shape index (κ3) is 2.07. The molecule has 0 spiro atoms. The molecule has 1 saturated carbocycles. The summed E-state index contributed by atoms with van der Waals surface area (Å²) in [5.74, 6) is 1.74. The van der Waals surface area contributed by atoms with Crippen molar-refractivity contribution < 1.29 is 14.1 Å². The Hall–Kier alpha value is -1.59. The van der Waals surface area contributed by atoms with Crippen molar-refractivity contribution in [3.8, 4) is 0 Å². The summed E-state index contributed by atoms with van der Waals surface area (Å²) in [6.45, 7) is 8.80. The second kappa shape index (κ2) is 4.20. The van der Waals surface area contributed by atoms with Crippen LogP contribution in [0.5, 0.6) is 0 Å². The van der Waals surface area contributed by atoms with Gasteiger partial charge in [-0.05, 0) is 46.5 Å². The summed E-state index contributed by atoms with van der Waals surface area (Å²) < 4.78 is 10.8. The van der Waals surface area contributed by atoms with E-state index in [0.29, 0.717) is 24.2 Å². The lowest BCUT2D eigenvalue weighted by atomic mass is 9.62. The maximum Gasteiger partial charge on any atom is 0.410 e. The molecule has 1 aromatic heterocycles. The second-order valence-corrected chi connectivity index (χ2v) is 6.90. The number of aromatic nitrogens is 2. The van der Waals surface area contributed by atoms with Gasteiger partial charge in [-0.3, -0.25) is 0 Å². The van der Waals surface area contributed by atoms with E-state index < -0.39 is 5.60 Å². The number of ether oxygens (including phenoxy) is 1. The molecule has 1 aromatic rings. The lowest BCUT2D eigenvalue weighted by molar-refractivity contribution is 0.0282. The van der Waals surface area contributed by atoms with E-state index >= 15 is 0 Å². The van der Waals surface area contributed by atoms with Crippen LogP contribution >= 0.6 is 0 Å². The topological polar surface area (TPSA) is 68.5 Å². The molecule has 2 fully saturated rings. The third-order valence-corrected chi connectivity index (χ3v) is 4.24. The molecular weight excluding hydrogens is 258 g/mol. The van der Waals surface area contributed by atoms with Crippen molar-refractivity contribution >= 4 is 6.09 Å². The van der Waals surface area contributed by atoms with Gasteiger partial charge in [0.15, 0.2) is 5.82 Å². The van der Waals surface area contributed by atoms with Crippen molar-refractivity contribution in [3.63, 3.8) is 0 Å². The maximum absolute atomic E-state index is 12.2. The molecule has 6 heteroatoms. The zero-order chi connectivity index (χ0) is 14.5. The number of fused-ring (bicyclic) bond motifs is 1. The Labute approximate surface area is 118 Å². The molecule has 2 heterocycles. The van der Waals surface area contributed by atoms with Crippen LogP contribution in [0.25, 0.3) is 0 Å². The predicted octanol–water partition coefficient (Wildman–Crippen LogP) is 2.28. The fourth-order valence-electron chi connectivity index (χ4n) is 3.16. The first-order valence-electron chi connectivity index (χ1n) is 7.09. The highest BCUT2D eigenvalue weighted by Gasteiger charge is 2.58. The molecule has 6 nitrogen and oxygen atoms in total. The number of nitrogens with zero attached hydrogens (tertiary/aromatic N) is 3. The molecule has 2 aliphatic rings. The molecule has 20 heavy (non-hydrogen) atoms. The van der Waals surface area contributed by atoms with Gasteiger partial charge >= 0.3 is 6.09 Å². The number of rotatable bonds is 1. The van der Waals surface area contributed by atoms with Crippen LogP contribution < -0.4 is 0 Å². The molecule has 0 unspecified atom stereocenters. The van der Waals surface area contributed by atoms with Gasteiger partial charge in [0.05, 0.1) is 5.41 Å². The summed E-state index contributed by atoms with van der Waals surface area (Å²) in [7, 11) is 0. The predicted molar refractivity (Wildman–Crippen MR) is 71.2 cm³/mol. The molecule has 1 aliphatic carbocycles. The fourth-order valence-corrected chi connectivity index (χ4v) is 3.16. The Morgan fingerprint density at radius 2 is 2.25 bits per heavy atom. The Bertz CT molecular complexity index is 534. The lowest BCUT2D eigenvalue weighted by Crippen LogP contribution is -2.44. The highest BCUT2D eigenvalue weighted by molar-refractivity contribution is 5.69. The lowest BCUT2D eigenvalue weighted by Gasteiger charge is -2.40. The normalized spacial score (nSPS) is 29.0. The number of likely N-dealkylation sites (tertiary alicyclic amines) is 1. The van der Waals surface area contributed by atoms with E-state index in [2.05, 4.69) is 10.1 Å². The SMILES string of the molecule is Cc1noc([C@]23CC[C@H]2CN(C(=O)OC(C)(C)C)C3)n1. The van der Waals surface area contributed by atoms with E-state index in [-0.39, 0.29) is 11.5 Å². The largest absolute Gasteiger partial charge is 0.444 e. The quantitative estimate of drug-likeness (QED) is 0.788. The summed E-state index contributed by atoms with van der Waals surface area (Å²) >= 11 is 0. The average molecular weight is 279 g/mol. The molecule has 3 rings (SSSR count). The first kappa shape index (κ1) is 13.4. The molecule has 0 N–H and O–H groups in total. The number of carbonyl (C=O) groups excluding carboxylic acids is 1. The summed E-state index contributed by atoms with van der Waals surface area (Å²) in [6, 6.07) is 0. The van der Waals surface area contributed by atoms with Crippen LogP contribution in [-0.4, -0.2) is 39.8 Å². The highest BCUT2D eigenvalue weighted by atomic mass is 16.6.